The largest absolute Gasteiger partial charge is 0.302 e. The molecular formula is C17H23NO. The van der Waals surface area contributed by atoms with Crippen LogP contribution in [0.25, 0.3) is 0 Å². The minimum Gasteiger partial charge on any atom is -0.302 e. The second-order valence-corrected chi connectivity index (χ2v) is 6.11. The van der Waals surface area contributed by atoms with Crippen LogP contribution in [-0.2, 0) is 10.2 Å². The minimum atomic E-state index is -0.226. The molecule has 0 unspecified atom stereocenters. The lowest BCUT2D eigenvalue weighted by molar-refractivity contribution is -0.114. The number of benzene rings is 1. The van der Waals surface area contributed by atoms with Crippen molar-refractivity contribution in [3.8, 4) is 0 Å². The van der Waals surface area contributed by atoms with Crippen LogP contribution in [0.4, 0.5) is 0 Å². The van der Waals surface area contributed by atoms with E-state index in [4.69, 9.17) is 0 Å². The number of rotatable bonds is 3. The maximum absolute atomic E-state index is 11.7. The fraction of sp³-hybridized carbons (Fsp3) is 0.588. The van der Waals surface area contributed by atoms with Crippen LogP contribution in [0, 0.1) is 0 Å². The molecule has 0 N–H and O–H groups in total. The third kappa shape index (κ3) is 2.46. The molecule has 0 atom stereocenters. The zero-order valence-corrected chi connectivity index (χ0v) is 11.6. The number of nitrogens with zero attached hydrogens (tertiary/aromatic N) is 1. The highest BCUT2D eigenvalue weighted by molar-refractivity contribution is 5.69. The van der Waals surface area contributed by atoms with Gasteiger partial charge in [0.1, 0.15) is 6.29 Å². The molecule has 0 spiro atoms. The Morgan fingerprint density at radius 3 is 2.26 bits per heavy atom. The van der Waals surface area contributed by atoms with Crippen LogP contribution < -0.4 is 0 Å². The third-order valence-electron chi connectivity index (χ3n) is 5.11. The van der Waals surface area contributed by atoms with Crippen molar-refractivity contribution in [2.75, 3.05) is 13.1 Å². The number of piperidine rings is 1. The first-order valence-corrected chi connectivity index (χ1v) is 7.60. The van der Waals surface area contributed by atoms with Gasteiger partial charge >= 0.3 is 0 Å². The van der Waals surface area contributed by atoms with E-state index in [1.165, 1.54) is 37.5 Å². The van der Waals surface area contributed by atoms with Crippen LogP contribution in [0.1, 0.15) is 44.1 Å². The minimum absolute atomic E-state index is 0.226. The molecule has 0 bridgehead atoms. The Morgan fingerprint density at radius 1 is 1.05 bits per heavy atom. The van der Waals surface area contributed by atoms with Crippen molar-refractivity contribution in [2.24, 2.45) is 0 Å². The summed E-state index contributed by atoms with van der Waals surface area (Å²) in [5.74, 6) is 0. The monoisotopic (exact) mass is 257 g/mol. The molecule has 2 heteroatoms. The molecule has 1 aliphatic heterocycles. The molecule has 1 aromatic rings. The van der Waals surface area contributed by atoms with E-state index in [0.29, 0.717) is 0 Å². The maximum Gasteiger partial charge on any atom is 0.130 e. The molecule has 102 valence electrons. The van der Waals surface area contributed by atoms with E-state index in [2.05, 4.69) is 17.0 Å². The van der Waals surface area contributed by atoms with E-state index >= 15 is 0 Å². The number of carbonyl (C=O) groups excluding carboxylic acids is 1. The standard InChI is InChI=1S/C17H23NO/c19-14-17(15-6-2-1-3-7-15)10-12-18(13-11-17)16-8-4-5-9-16/h1-3,6-7,14,16H,4-5,8-13H2. The summed E-state index contributed by atoms with van der Waals surface area (Å²) in [4.78, 5) is 14.3. The number of likely N-dealkylation sites (tertiary alicyclic amines) is 1. The van der Waals surface area contributed by atoms with Crippen molar-refractivity contribution in [1.82, 2.24) is 4.90 Å². The van der Waals surface area contributed by atoms with E-state index in [1.807, 2.05) is 18.2 Å². The SMILES string of the molecule is O=CC1(c2ccccc2)CCN(C2CCCC2)CC1. The summed E-state index contributed by atoms with van der Waals surface area (Å²) in [5.41, 5.74) is 0.979. The van der Waals surface area contributed by atoms with Crippen molar-refractivity contribution in [3.05, 3.63) is 35.9 Å². The average molecular weight is 257 g/mol. The fourth-order valence-corrected chi connectivity index (χ4v) is 3.80. The second kappa shape index (κ2) is 5.46. The van der Waals surface area contributed by atoms with Gasteiger partial charge in [-0.2, -0.15) is 0 Å². The Bertz CT molecular complexity index is 414. The Hall–Kier alpha value is -1.15. The molecule has 2 fully saturated rings. The molecule has 1 aromatic carbocycles. The highest BCUT2D eigenvalue weighted by atomic mass is 16.1. The first kappa shape index (κ1) is 12.9. The number of carbonyl (C=O) groups is 1. The predicted octanol–water partition coefficient (Wildman–Crippen LogP) is 3.16. The third-order valence-corrected chi connectivity index (χ3v) is 5.11. The predicted molar refractivity (Wildman–Crippen MR) is 77.2 cm³/mol. The topological polar surface area (TPSA) is 20.3 Å². The second-order valence-electron chi connectivity index (χ2n) is 6.11. The van der Waals surface area contributed by atoms with Gasteiger partial charge in [0.05, 0.1) is 5.41 Å². The number of hydrogen-bond donors (Lipinski definition) is 0. The molecule has 1 heterocycles. The van der Waals surface area contributed by atoms with E-state index in [0.717, 1.165) is 32.0 Å². The Kier molecular flexibility index (Phi) is 3.69. The van der Waals surface area contributed by atoms with Gasteiger partial charge in [-0.1, -0.05) is 43.2 Å². The first-order chi connectivity index (χ1) is 9.34. The van der Waals surface area contributed by atoms with Gasteiger partial charge in [-0.05, 0) is 44.3 Å². The van der Waals surface area contributed by atoms with Gasteiger partial charge in [-0.15, -0.1) is 0 Å². The molecule has 1 saturated carbocycles. The van der Waals surface area contributed by atoms with Crippen molar-refractivity contribution in [2.45, 2.75) is 50.0 Å². The highest BCUT2D eigenvalue weighted by Crippen LogP contribution is 2.36. The van der Waals surface area contributed by atoms with E-state index in [-0.39, 0.29) is 5.41 Å². The van der Waals surface area contributed by atoms with Crippen molar-refractivity contribution in [1.29, 1.82) is 0 Å². The molecule has 0 radical (unpaired) electrons. The van der Waals surface area contributed by atoms with Crippen molar-refractivity contribution >= 4 is 6.29 Å². The normalized spacial score (nSPS) is 24.4. The van der Waals surface area contributed by atoms with Gasteiger partial charge in [0.15, 0.2) is 0 Å². The fourth-order valence-electron chi connectivity index (χ4n) is 3.80. The van der Waals surface area contributed by atoms with Crippen LogP contribution in [0.2, 0.25) is 0 Å². The summed E-state index contributed by atoms with van der Waals surface area (Å²) >= 11 is 0. The molecule has 1 aliphatic carbocycles. The lowest BCUT2D eigenvalue weighted by atomic mass is 9.74. The summed E-state index contributed by atoms with van der Waals surface area (Å²) in [6, 6.07) is 11.1. The summed E-state index contributed by atoms with van der Waals surface area (Å²) in [6.07, 6.45) is 8.67. The molecule has 3 rings (SSSR count). The summed E-state index contributed by atoms with van der Waals surface area (Å²) < 4.78 is 0. The summed E-state index contributed by atoms with van der Waals surface area (Å²) in [6.45, 7) is 2.16. The van der Waals surface area contributed by atoms with Crippen LogP contribution in [0.5, 0.6) is 0 Å². The zero-order chi connectivity index (χ0) is 13.1. The molecule has 1 saturated heterocycles. The summed E-state index contributed by atoms with van der Waals surface area (Å²) in [5, 5.41) is 0. The molecular weight excluding hydrogens is 234 g/mol. The van der Waals surface area contributed by atoms with E-state index in [1.54, 1.807) is 0 Å². The molecule has 2 aliphatic rings. The Balaban J connectivity index is 1.71. The van der Waals surface area contributed by atoms with Crippen LogP contribution >= 0.6 is 0 Å². The number of hydrogen-bond acceptors (Lipinski definition) is 2. The smallest absolute Gasteiger partial charge is 0.130 e. The van der Waals surface area contributed by atoms with Gasteiger partial charge < -0.3 is 9.69 Å². The van der Waals surface area contributed by atoms with Crippen molar-refractivity contribution < 1.29 is 4.79 Å². The van der Waals surface area contributed by atoms with Gasteiger partial charge in [0.2, 0.25) is 0 Å². The van der Waals surface area contributed by atoms with Crippen LogP contribution in [0.15, 0.2) is 30.3 Å². The quantitative estimate of drug-likeness (QED) is 0.775. The molecule has 0 aromatic heterocycles. The lowest BCUT2D eigenvalue weighted by Gasteiger charge is -2.41. The zero-order valence-electron chi connectivity index (χ0n) is 11.6. The number of aldehydes is 1. The van der Waals surface area contributed by atoms with Gasteiger partial charge in [-0.25, -0.2) is 0 Å². The van der Waals surface area contributed by atoms with E-state index in [9.17, 15) is 4.79 Å². The van der Waals surface area contributed by atoms with Crippen molar-refractivity contribution in [3.63, 3.8) is 0 Å². The van der Waals surface area contributed by atoms with Crippen LogP contribution in [0.3, 0.4) is 0 Å². The van der Waals surface area contributed by atoms with E-state index < -0.39 is 0 Å². The van der Waals surface area contributed by atoms with Gasteiger partial charge in [0.25, 0.3) is 0 Å². The Morgan fingerprint density at radius 2 is 1.68 bits per heavy atom. The highest BCUT2D eigenvalue weighted by Gasteiger charge is 2.37. The lowest BCUT2D eigenvalue weighted by Crippen LogP contribution is -2.47. The van der Waals surface area contributed by atoms with Gasteiger partial charge in [0, 0.05) is 6.04 Å². The van der Waals surface area contributed by atoms with Gasteiger partial charge in [-0.3, -0.25) is 0 Å². The average Bonchev–Trinajstić information content (AvgIpc) is 3.02. The molecule has 2 nitrogen and oxygen atoms in total. The first-order valence-electron chi connectivity index (χ1n) is 7.60. The van der Waals surface area contributed by atoms with Crippen LogP contribution in [-0.4, -0.2) is 30.3 Å². The molecule has 0 amide bonds. The summed E-state index contributed by atoms with van der Waals surface area (Å²) in [7, 11) is 0. The molecule has 19 heavy (non-hydrogen) atoms. The Labute approximate surface area is 115 Å². The maximum atomic E-state index is 11.7.